The third-order valence-electron chi connectivity index (χ3n) is 1.84. The van der Waals surface area contributed by atoms with Gasteiger partial charge in [-0.1, -0.05) is 22.0 Å². The summed E-state index contributed by atoms with van der Waals surface area (Å²) in [5, 5.41) is 9.38. The van der Waals surface area contributed by atoms with Crippen molar-refractivity contribution >= 4 is 28.3 Å². The van der Waals surface area contributed by atoms with Crippen LogP contribution in [0.4, 0.5) is 13.2 Å². The highest BCUT2D eigenvalue weighted by atomic mass is 79.9. The normalized spacial score (nSPS) is 13.1. The van der Waals surface area contributed by atoms with Gasteiger partial charge in [0.2, 0.25) is 0 Å². The van der Waals surface area contributed by atoms with Gasteiger partial charge in [-0.05, 0) is 12.1 Å². The first-order valence-electron chi connectivity index (χ1n) is 4.10. The van der Waals surface area contributed by atoms with Crippen LogP contribution in [0.1, 0.15) is 18.0 Å². The summed E-state index contributed by atoms with van der Waals surface area (Å²) >= 11 is 3.08. The Morgan fingerprint density at radius 3 is 2.38 bits per heavy atom. The van der Waals surface area contributed by atoms with Crippen LogP contribution in [-0.2, 0) is 0 Å². The van der Waals surface area contributed by atoms with Gasteiger partial charge in [0, 0.05) is 16.1 Å². The molecule has 0 amide bonds. The number of nitrogens with two attached hydrogens (primary N) is 1. The van der Waals surface area contributed by atoms with Gasteiger partial charge in [-0.3, -0.25) is 0 Å². The van der Waals surface area contributed by atoms with Crippen LogP contribution >= 0.6 is 28.3 Å². The van der Waals surface area contributed by atoms with Crippen molar-refractivity contribution < 1.29 is 18.3 Å². The fourth-order valence-corrected chi connectivity index (χ4v) is 1.54. The molecule has 0 bridgehead atoms. The second-order valence-electron chi connectivity index (χ2n) is 3.13. The number of rotatable bonds is 2. The predicted molar refractivity (Wildman–Crippen MR) is 60.7 cm³/mol. The van der Waals surface area contributed by atoms with Gasteiger partial charge in [-0.15, -0.1) is 12.4 Å². The molecule has 0 spiro atoms. The molecule has 0 aliphatic heterocycles. The van der Waals surface area contributed by atoms with Crippen LogP contribution in [-0.4, -0.2) is 11.3 Å². The Labute approximate surface area is 105 Å². The highest BCUT2D eigenvalue weighted by Crippen LogP contribution is 2.33. The summed E-state index contributed by atoms with van der Waals surface area (Å²) < 4.78 is 36.7. The first-order valence-corrected chi connectivity index (χ1v) is 4.89. The van der Waals surface area contributed by atoms with Crippen LogP contribution in [0, 0.1) is 0 Å². The van der Waals surface area contributed by atoms with E-state index in [1.807, 2.05) is 0 Å². The second kappa shape index (κ2) is 5.75. The molecule has 1 rings (SSSR count). The summed E-state index contributed by atoms with van der Waals surface area (Å²) in [5.74, 6) is -0.235. The van der Waals surface area contributed by atoms with Crippen LogP contribution < -0.4 is 5.73 Å². The number of phenols is 1. The van der Waals surface area contributed by atoms with E-state index in [2.05, 4.69) is 15.9 Å². The third-order valence-corrected chi connectivity index (χ3v) is 2.34. The fraction of sp³-hybridized carbons (Fsp3) is 0.333. The Morgan fingerprint density at radius 1 is 1.38 bits per heavy atom. The van der Waals surface area contributed by atoms with Crippen LogP contribution in [0.2, 0.25) is 0 Å². The molecule has 16 heavy (non-hydrogen) atoms. The Balaban J connectivity index is 0.00000225. The molecule has 0 saturated carbocycles. The summed E-state index contributed by atoms with van der Waals surface area (Å²) in [6.45, 7) is 0. The number of benzene rings is 1. The van der Waals surface area contributed by atoms with Gasteiger partial charge in [-0.2, -0.15) is 13.2 Å². The minimum Gasteiger partial charge on any atom is -0.508 e. The average Bonchev–Trinajstić information content (AvgIpc) is 1.99. The molecular weight excluding hydrogens is 310 g/mol. The van der Waals surface area contributed by atoms with E-state index < -0.39 is 18.6 Å². The number of phenolic OH excluding ortho intramolecular Hbond substituents is 1. The quantitative estimate of drug-likeness (QED) is 0.875. The molecule has 0 saturated heterocycles. The zero-order chi connectivity index (χ0) is 11.6. The molecule has 7 heteroatoms. The van der Waals surface area contributed by atoms with Crippen molar-refractivity contribution in [3.63, 3.8) is 0 Å². The SMILES string of the molecule is Cl.N[C@H](CC(F)(F)F)c1ccc(Br)cc1O. The summed E-state index contributed by atoms with van der Waals surface area (Å²) in [4.78, 5) is 0. The number of hydrogen-bond donors (Lipinski definition) is 2. The van der Waals surface area contributed by atoms with E-state index in [-0.39, 0.29) is 23.7 Å². The second-order valence-corrected chi connectivity index (χ2v) is 4.04. The molecule has 0 aliphatic rings. The molecule has 1 atom stereocenters. The number of alkyl halides is 3. The van der Waals surface area contributed by atoms with Gasteiger partial charge in [0.15, 0.2) is 0 Å². The third kappa shape index (κ3) is 4.59. The monoisotopic (exact) mass is 319 g/mol. The number of halogens is 5. The van der Waals surface area contributed by atoms with E-state index in [0.29, 0.717) is 4.47 Å². The molecule has 1 aromatic carbocycles. The lowest BCUT2D eigenvalue weighted by Crippen LogP contribution is -2.20. The van der Waals surface area contributed by atoms with Crippen molar-refractivity contribution in [3.05, 3.63) is 28.2 Å². The van der Waals surface area contributed by atoms with Crippen molar-refractivity contribution in [3.8, 4) is 5.75 Å². The number of aromatic hydroxyl groups is 1. The van der Waals surface area contributed by atoms with Crippen LogP contribution in [0.25, 0.3) is 0 Å². The van der Waals surface area contributed by atoms with E-state index in [1.165, 1.54) is 18.2 Å². The largest absolute Gasteiger partial charge is 0.508 e. The standard InChI is InChI=1S/C9H9BrF3NO.ClH/c10-5-1-2-6(8(15)3-5)7(14)4-9(11,12)13;/h1-3,7,15H,4,14H2;1H/t7-;/m1./s1. The average molecular weight is 321 g/mol. The maximum atomic E-state index is 12.0. The first-order chi connectivity index (χ1) is 6.79. The van der Waals surface area contributed by atoms with Crippen molar-refractivity contribution in [1.82, 2.24) is 0 Å². The summed E-state index contributed by atoms with van der Waals surface area (Å²) in [7, 11) is 0. The van der Waals surface area contributed by atoms with Crippen LogP contribution in [0.5, 0.6) is 5.75 Å². The molecule has 0 aromatic heterocycles. The Bertz CT molecular complexity index is 359. The predicted octanol–water partition coefficient (Wildman–Crippen LogP) is 3.53. The van der Waals surface area contributed by atoms with Crippen LogP contribution in [0.15, 0.2) is 22.7 Å². The maximum absolute atomic E-state index is 12.0. The first kappa shape index (κ1) is 15.5. The Morgan fingerprint density at radius 2 is 1.94 bits per heavy atom. The summed E-state index contributed by atoms with van der Waals surface area (Å²) in [6.07, 6.45) is -5.48. The van der Waals surface area contributed by atoms with Gasteiger partial charge in [0.1, 0.15) is 5.75 Å². The molecular formula is C9H10BrClF3NO. The van der Waals surface area contributed by atoms with E-state index in [4.69, 9.17) is 5.73 Å². The molecule has 0 radical (unpaired) electrons. The highest BCUT2D eigenvalue weighted by Gasteiger charge is 2.31. The number of hydrogen-bond acceptors (Lipinski definition) is 2. The highest BCUT2D eigenvalue weighted by molar-refractivity contribution is 9.10. The van der Waals surface area contributed by atoms with Gasteiger partial charge >= 0.3 is 6.18 Å². The zero-order valence-corrected chi connectivity index (χ0v) is 10.4. The summed E-state index contributed by atoms with van der Waals surface area (Å²) in [5.41, 5.74) is 5.43. The lowest BCUT2D eigenvalue weighted by molar-refractivity contribution is -0.138. The van der Waals surface area contributed by atoms with E-state index in [1.54, 1.807) is 0 Å². The van der Waals surface area contributed by atoms with Crippen molar-refractivity contribution in [2.75, 3.05) is 0 Å². The van der Waals surface area contributed by atoms with Gasteiger partial charge in [0.05, 0.1) is 6.42 Å². The Kier molecular flexibility index (Phi) is 5.58. The van der Waals surface area contributed by atoms with Gasteiger partial charge in [-0.25, -0.2) is 0 Å². The van der Waals surface area contributed by atoms with E-state index in [9.17, 15) is 18.3 Å². The molecule has 3 N–H and O–H groups in total. The molecule has 0 heterocycles. The van der Waals surface area contributed by atoms with Gasteiger partial charge < -0.3 is 10.8 Å². The maximum Gasteiger partial charge on any atom is 0.390 e. The minimum absolute atomic E-state index is 0. The molecule has 0 aliphatic carbocycles. The van der Waals surface area contributed by atoms with Crippen molar-refractivity contribution in [2.45, 2.75) is 18.6 Å². The van der Waals surface area contributed by atoms with Crippen molar-refractivity contribution in [2.24, 2.45) is 5.73 Å². The Hall–Kier alpha value is -0.460. The molecule has 92 valence electrons. The summed E-state index contributed by atoms with van der Waals surface area (Å²) in [6, 6.07) is 2.98. The molecule has 0 fully saturated rings. The molecule has 2 nitrogen and oxygen atoms in total. The fourth-order valence-electron chi connectivity index (χ4n) is 1.19. The zero-order valence-electron chi connectivity index (χ0n) is 7.96. The van der Waals surface area contributed by atoms with Crippen molar-refractivity contribution in [1.29, 1.82) is 0 Å². The van der Waals surface area contributed by atoms with E-state index in [0.717, 1.165) is 0 Å². The lowest BCUT2D eigenvalue weighted by atomic mass is 10.0. The smallest absolute Gasteiger partial charge is 0.390 e. The lowest BCUT2D eigenvalue weighted by Gasteiger charge is -2.15. The molecule has 1 aromatic rings. The van der Waals surface area contributed by atoms with E-state index >= 15 is 0 Å². The topological polar surface area (TPSA) is 46.2 Å². The van der Waals surface area contributed by atoms with Gasteiger partial charge in [0.25, 0.3) is 0 Å². The minimum atomic E-state index is -4.33. The molecule has 0 unspecified atom stereocenters. The van der Waals surface area contributed by atoms with Crippen LogP contribution in [0.3, 0.4) is 0 Å².